The highest BCUT2D eigenvalue weighted by atomic mass is 19.3. The molecule has 3 rings (SSSR count). The second-order valence-corrected chi connectivity index (χ2v) is 8.01. The van der Waals surface area contributed by atoms with Gasteiger partial charge in [-0.3, -0.25) is 4.79 Å². The topological polar surface area (TPSA) is 84.4 Å². The lowest BCUT2D eigenvalue weighted by Gasteiger charge is -2.31. The Hall–Kier alpha value is -2.78. The molecule has 1 aromatic carbocycles. The van der Waals surface area contributed by atoms with Gasteiger partial charge in [-0.2, -0.15) is 8.78 Å². The second kappa shape index (κ2) is 10.5. The highest BCUT2D eigenvalue weighted by Crippen LogP contribution is 2.39. The van der Waals surface area contributed by atoms with Crippen molar-refractivity contribution in [1.82, 2.24) is 15.5 Å². The predicted molar refractivity (Wildman–Crippen MR) is 112 cm³/mol. The Bertz CT molecular complexity index is 804. The van der Waals surface area contributed by atoms with E-state index in [1.807, 2.05) is 0 Å². The van der Waals surface area contributed by atoms with Crippen LogP contribution >= 0.6 is 0 Å². The number of carbonyl (C=O) groups is 1. The van der Waals surface area contributed by atoms with Gasteiger partial charge >= 0.3 is 6.61 Å². The number of aliphatic imine (C=N–C) groups is 1. The van der Waals surface area contributed by atoms with Gasteiger partial charge in [-0.1, -0.05) is 19.8 Å². The summed E-state index contributed by atoms with van der Waals surface area (Å²) < 4.78 is 41.0. The minimum absolute atomic E-state index is 0.0160. The van der Waals surface area contributed by atoms with Crippen LogP contribution in [-0.2, 0) is 11.3 Å². The van der Waals surface area contributed by atoms with Crippen LogP contribution in [-0.4, -0.2) is 56.9 Å². The molecule has 0 bridgehead atoms. The Kier molecular flexibility index (Phi) is 7.75. The Morgan fingerprint density at radius 1 is 1.26 bits per heavy atom. The number of fused-ring (bicyclic) bond motifs is 1. The molecule has 0 saturated heterocycles. The number of halogens is 2. The van der Waals surface area contributed by atoms with Crippen molar-refractivity contribution in [3.8, 4) is 17.2 Å². The molecule has 1 aromatic rings. The van der Waals surface area contributed by atoms with Gasteiger partial charge in [-0.25, -0.2) is 4.99 Å². The zero-order valence-electron chi connectivity index (χ0n) is 18.1. The number of rotatable bonds is 7. The number of hydrogen-bond donors (Lipinski definition) is 2. The Morgan fingerprint density at radius 3 is 2.65 bits per heavy atom. The minimum Gasteiger partial charge on any atom is -0.454 e. The quantitative estimate of drug-likeness (QED) is 0.501. The summed E-state index contributed by atoms with van der Waals surface area (Å²) in [4.78, 5) is 18.1. The first-order chi connectivity index (χ1) is 14.8. The van der Waals surface area contributed by atoms with Gasteiger partial charge in [0.1, 0.15) is 5.75 Å². The van der Waals surface area contributed by atoms with Crippen molar-refractivity contribution in [2.45, 2.75) is 51.8 Å². The Morgan fingerprint density at radius 2 is 1.97 bits per heavy atom. The molecule has 172 valence electrons. The van der Waals surface area contributed by atoms with E-state index < -0.39 is 6.61 Å². The molecule has 1 fully saturated rings. The van der Waals surface area contributed by atoms with Gasteiger partial charge in [-0.05, 0) is 24.8 Å². The monoisotopic (exact) mass is 440 g/mol. The van der Waals surface area contributed by atoms with Gasteiger partial charge in [0.25, 0.3) is 0 Å². The van der Waals surface area contributed by atoms with E-state index in [1.54, 1.807) is 20.2 Å². The highest BCUT2D eigenvalue weighted by Gasteiger charge is 2.23. The maximum atomic E-state index is 12.9. The molecule has 0 radical (unpaired) electrons. The number of nitrogens with zero attached hydrogens (tertiary/aromatic N) is 2. The van der Waals surface area contributed by atoms with Crippen LogP contribution in [0.25, 0.3) is 0 Å². The number of nitrogens with one attached hydrogen (secondary N) is 2. The fraction of sp³-hybridized carbons (Fsp3) is 0.619. The Labute approximate surface area is 180 Å². The van der Waals surface area contributed by atoms with Gasteiger partial charge < -0.3 is 29.7 Å². The molecule has 2 N–H and O–H groups in total. The van der Waals surface area contributed by atoms with Crippen molar-refractivity contribution < 1.29 is 27.8 Å². The molecule has 1 amide bonds. The number of hydrogen-bond acceptors (Lipinski definition) is 5. The fourth-order valence-corrected chi connectivity index (χ4v) is 3.64. The average molecular weight is 440 g/mol. The van der Waals surface area contributed by atoms with E-state index in [0.717, 1.165) is 19.3 Å². The summed E-state index contributed by atoms with van der Waals surface area (Å²) in [5.41, 5.74) is 0.432. The van der Waals surface area contributed by atoms with Crippen LogP contribution in [0.3, 0.4) is 0 Å². The number of guanidine groups is 1. The number of likely N-dealkylation sites (N-methyl/N-ethyl adjacent to an activating group) is 1. The number of ether oxygens (including phenoxy) is 3. The van der Waals surface area contributed by atoms with Crippen LogP contribution in [0.4, 0.5) is 8.78 Å². The van der Waals surface area contributed by atoms with Crippen LogP contribution in [0.5, 0.6) is 17.2 Å². The maximum absolute atomic E-state index is 12.9. The molecular weight excluding hydrogens is 410 g/mol. The van der Waals surface area contributed by atoms with Crippen LogP contribution in [0.2, 0.25) is 0 Å². The first-order valence-electron chi connectivity index (χ1n) is 10.5. The highest BCUT2D eigenvalue weighted by molar-refractivity contribution is 5.86. The SMILES string of the molecule is CC1CCCCC1NC(=NCc1cc2c(cc1OC(F)F)OCO2)NCC(=O)N(C)C. The summed E-state index contributed by atoms with van der Waals surface area (Å²) in [6, 6.07) is 3.21. The molecule has 8 nitrogen and oxygen atoms in total. The molecule has 0 aromatic heterocycles. The van der Waals surface area contributed by atoms with E-state index in [0.29, 0.717) is 28.9 Å². The lowest BCUT2D eigenvalue weighted by Crippen LogP contribution is -2.49. The molecule has 1 saturated carbocycles. The number of amides is 1. The number of carbonyl (C=O) groups excluding carboxylic acids is 1. The van der Waals surface area contributed by atoms with Crippen molar-refractivity contribution in [2.75, 3.05) is 27.4 Å². The molecule has 31 heavy (non-hydrogen) atoms. The normalized spacial score (nSPS) is 20.5. The summed E-state index contributed by atoms with van der Waals surface area (Å²) in [5, 5.41) is 6.46. The summed E-state index contributed by atoms with van der Waals surface area (Å²) in [5.74, 6) is 1.61. The van der Waals surface area contributed by atoms with E-state index >= 15 is 0 Å². The van der Waals surface area contributed by atoms with E-state index in [2.05, 4.69) is 27.3 Å². The molecule has 1 aliphatic heterocycles. The molecule has 2 aliphatic rings. The summed E-state index contributed by atoms with van der Waals surface area (Å²) in [7, 11) is 3.36. The van der Waals surface area contributed by atoms with Gasteiger partial charge in [0.05, 0.1) is 13.1 Å². The standard InChI is InChI=1S/C21H30F2N4O4/c1-13-6-4-5-7-15(13)26-21(25-11-19(28)27(2)3)24-10-14-8-17-18(30-12-29-17)9-16(14)31-20(22)23/h8-9,13,15,20H,4-7,10-12H2,1-3H3,(H2,24,25,26). The van der Waals surface area contributed by atoms with Gasteiger partial charge in [-0.15, -0.1) is 0 Å². The zero-order chi connectivity index (χ0) is 22.4. The molecular formula is C21H30F2N4O4. The van der Waals surface area contributed by atoms with E-state index in [4.69, 9.17) is 9.47 Å². The van der Waals surface area contributed by atoms with Crippen molar-refractivity contribution in [2.24, 2.45) is 10.9 Å². The largest absolute Gasteiger partial charge is 0.454 e. The smallest absolute Gasteiger partial charge is 0.387 e. The second-order valence-electron chi connectivity index (χ2n) is 8.01. The van der Waals surface area contributed by atoms with Crippen LogP contribution in [0.1, 0.15) is 38.2 Å². The first-order valence-corrected chi connectivity index (χ1v) is 10.5. The van der Waals surface area contributed by atoms with Crippen molar-refractivity contribution in [3.05, 3.63) is 17.7 Å². The third-order valence-electron chi connectivity index (χ3n) is 5.52. The average Bonchev–Trinajstić information content (AvgIpc) is 3.17. The van der Waals surface area contributed by atoms with Crippen molar-refractivity contribution in [1.29, 1.82) is 0 Å². The van der Waals surface area contributed by atoms with Gasteiger partial charge in [0.15, 0.2) is 17.5 Å². The van der Waals surface area contributed by atoms with Crippen molar-refractivity contribution >= 4 is 11.9 Å². The number of alkyl halides is 2. The first kappa shape index (κ1) is 22.9. The van der Waals surface area contributed by atoms with Gasteiger partial charge in [0.2, 0.25) is 12.7 Å². The number of benzene rings is 1. The molecule has 1 heterocycles. The van der Waals surface area contributed by atoms with E-state index in [1.165, 1.54) is 17.4 Å². The molecule has 2 unspecified atom stereocenters. The zero-order valence-corrected chi connectivity index (χ0v) is 18.1. The lowest BCUT2D eigenvalue weighted by molar-refractivity contribution is -0.127. The molecule has 2 atom stereocenters. The fourth-order valence-electron chi connectivity index (χ4n) is 3.64. The van der Waals surface area contributed by atoms with Crippen LogP contribution in [0.15, 0.2) is 17.1 Å². The van der Waals surface area contributed by atoms with Crippen LogP contribution in [0, 0.1) is 5.92 Å². The van der Waals surface area contributed by atoms with E-state index in [9.17, 15) is 13.6 Å². The minimum atomic E-state index is -2.97. The maximum Gasteiger partial charge on any atom is 0.387 e. The third-order valence-corrected chi connectivity index (χ3v) is 5.52. The summed E-state index contributed by atoms with van der Waals surface area (Å²) in [6.45, 7) is -0.630. The van der Waals surface area contributed by atoms with E-state index in [-0.39, 0.29) is 37.6 Å². The van der Waals surface area contributed by atoms with Crippen molar-refractivity contribution in [3.63, 3.8) is 0 Å². The van der Waals surface area contributed by atoms with Gasteiger partial charge in [0, 0.05) is 31.8 Å². The van der Waals surface area contributed by atoms with Crippen LogP contribution < -0.4 is 24.8 Å². The molecule has 1 aliphatic carbocycles. The predicted octanol–water partition coefficient (Wildman–Crippen LogP) is 2.72. The lowest BCUT2D eigenvalue weighted by atomic mass is 9.86. The third kappa shape index (κ3) is 6.35. The summed E-state index contributed by atoms with van der Waals surface area (Å²) in [6.07, 6.45) is 4.45. The Balaban J connectivity index is 1.79. The molecule has 10 heteroatoms. The molecule has 0 spiro atoms. The summed E-state index contributed by atoms with van der Waals surface area (Å²) >= 11 is 0.